The van der Waals surface area contributed by atoms with Crippen LogP contribution in [0, 0.1) is 0 Å². The van der Waals surface area contributed by atoms with Crippen LogP contribution in [0.2, 0.25) is 0 Å². The molecule has 2 heterocycles. The third-order valence-electron chi connectivity index (χ3n) is 3.11. The molecule has 0 aromatic heterocycles. The van der Waals surface area contributed by atoms with Crippen molar-refractivity contribution in [2.75, 3.05) is 19.7 Å². The summed E-state index contributed by atoms with van der Waals surface area (Å²) in [5.41, 5.74) is 0. The van der Waals surface area contributed by atoms with E-state index in [9.17, 15) is 4.79 Å². The van der Waals surface area contributed by atoms with Crippen molar-refractivity contribution in [2.45, 2.75) is 44.2 Å². The van der Waals surface area contributed by atoms with Gasteiger partial charge in [-0.3, -0.25) is 4.79 Å². The van der Waals surface area contributed by atoms with Gasteiger partial charge in [0.15, 0.2) is 0 Å². The molecule has 2 aliphatic heterocycles. The minimum Gasteiger partial charge on any atom is -0.378 e. The lowest BCUT2D eigenvalue weighted by Crippen LogP contribution is -2.38. The van der Waals surface area contributed by atoms with Crippen LogP contribution < -0.4 is 10.6 Å². The second kappa shape index (κ2) is 5.47. The van der Waals surface area contributed by atoms with Gasteiger partial charge in [-0.25, -0.2) is 0 Å². The van der Waals surface area contributed by atoms with Crippen molar-refractivity contribution < 1.29 is 9.53 Å². The Kier molecular flexibility index (Phi) is 3.97. The second-order valence-corrected chi connectivity index (χ2v) is 4.45. The fraction of sp³-hybridized carbons (Fsp3) is 0.909. The number of hydrogen-bond acceptors (Lipinski definition) is 3. The van der Waals surface area contributed by atoms with E-state index in [2.05, 4.69) is 10.6 Å². The molecule has 0 radical (unpaired) electrons. The Balaban J connectivity index is 1.66. The summed E-state index contributed by atoms with van der Waals surface area (Å²) in [5.74, 6) is 0.149. The lowest BCUT2D eigenvalue weighted by Gasteiger charge is -2.22. The van der Waals surface area contributed by atoms with E-state index >= 15 is 0 Å². The van der Waals surface area contributed by atoms with Crippen molar-refractivity contribution >= 4 is 5.91 Å². The smallest absolute Gasteiger partial charge is 0.222 e. The highest BCUT2D eigenvalue weighted by atomic mass is 16.5. The number of carbonyl (C=O) groups excluding carboxylic acids is 1. The fourth-order valence-electron chi connectivity index (χ4n) is 2.24. The predicted octanol–water partition coefficient (Wildman–Crippen LogP) is 0.424. The van der Waals surface area contributed by atoms with Crippen LogP contribution in [0.1, 0.15) is 32.1 Å². The van der Waals surface area contributed by atoms with E-state index in [-0.39, 0.29) is 12.0 Å². The Bertz CT molecular complexity index is 209. The van der Waals surface area contributed by atoms with Gasteiger partial charge in [0.2, 0.25) is 5.91 Å². The van der Waals surface area contributed by atoms with E-state index < -0.39 is 0 Å². The van der Waals surface area contributed by atoms with Gasteiger partial charge in [0.05, 0.1) is 12.5 Å². The SMILES string of the molecule is O=C(CC1CCCCO1)NC1CCNC1. The molecule has 86 valence electrons. The molecule has 2 aliphatic rings. The molecule has 2 saturated heterocycles. The maximum absolute atomic E-state index is 11.6. The van der Waals surface area contributed by atoms with Crippen molar-refractivity contribution in [3.05, 3.63) is 0 Å². The number of hydrogen-bond donors (Lipinski definition) is 2. The van der Waals surface area contributed by atoms with Gasteiger partial charge in [-0.2, -0.15) is 0 Å². The lowest BCUT2D eigenvalue weighted by molar-refractivity contribution is -0.125. The van der Waals surface area contributed by atoms with Crippen molar-refractivity contribution in [1.82, 2.24) is 10.6 Å². The third kappa shape index (κ3) is 3.47. The van der Waals surface area contributed by atoms with Crippen LogP contribution >= 0.6 is 0 Å². The van der Waals surface area contributed by atoms with Crippen LogP contribution in [0.15, 0.2) is 0 Å². The number of rotatable bonds is 3. The Morgan fingerprint density at radius 3 is 3.00 bits per heavy atom. The van der Waals surface area contributed by atoms with E-state index in [1.807, 2.05) is 0 Å². The van der Waals surface area contributed by atoms with Crippen LogP contribution in [0.3, 0.4) is 0 Å². The monoisotopic (exact) mass is 212 g/mol. The Labute approximate surface area is 90.8 Å². The third-order valence-corrected chi connectivity index (χ3v) is 3.11. The second-order valence-electron chi connectivity index (χ2n) is 4.45. The molecule has 0 aromatic rings. The van der Waals surface area contributed by atoms with Gasteiger partial charge in [0, 0.05) is 19.2 Å². The average molecular weight is 212 g/mol. The van der Waals surface area contributed by atoms with Crippen molar-refractivity contribution in [2.24, 2.45) is 0 Å². The van der Waals surface area contributed by atoms with Gasteiger partial charge < -0.3 is 15.4 Å². The van der Waals surface area contributed by atoms with E-state index in [1.165, 1.54) is 6.42 Å². The van der Waals surface area contributed by atoms with Crippen LogP contribution in [-0.2, 0) is 9.53 Å². The highest BCUT2D eigenvalue weighted by Crippen LogP contribution is 2.15. The van der Waals surface area contributed by atoms with Crippen LogP contribution in [0.25, 0.3) is 0 Å². The Morgan fingerprint density at radius 2 is 2.33 bits per heavy atom. The first-order chi connectivity index (χ1) is 7.34. The first kappa shape index (κ1) is 10.9. The first-order valence-electron chi connectivity index (χ1n) is 5.96. The number of carbonyl (C=O) groups is 1. The molecule has 2 fully saturated rings. The highest BCUT2D eigenvalue weighted by Gasteiger charge is 2.21. The zero-order valence-electron chi connectivity index (χ0n) is 9.13. The fourth-order valence-corrected chi connectivity index (χ4v) is 2.24. The Morgan fingerprint density at radius 1 is 1.40 bits per heavy atom. The van der Waals surface area contributed by atoms with E-state index in [1.54, 1.807) is 0 Å². The summed E-state index contributed by atoms with van der Waals surface area (Å²) in [7, 11) is 0. The lowest BCUT2D eigenvalue weighted by atomic mass is 10.1. The minimum atomic E-state index is 0.149. The van der Waals surface area contributed by atoms with Crippen molar-refractivity contribution in [3.8, 4) is 0 Å². The van der Waals surface area contributed by atoms with Gasteiger partial charge in [-0.1, -0.05) is 0 Å². The molecule has 1 amide bonds. The summed E-state index contributed by atoms with van der Waals surface area (Å²) in [5, 5.41) is 6.28. The number of nitrogens with one attached hydrogen (secondary N) is 2. The largest absolute Gasteiger partial charge is 0.378 e. The van der Waals surface area contributed by atoms with Gasteiger partial charge >= 0.3 is 0 Å². The summed E-state index contributed by atoms with van der Waals surface area (Å²) in [6.07, 6.45) is 5.13. The summed E-state index contributed by atoms with van der Waals surface area (Å²) in [6.45, 7) is 2.76. The predicted molar refractivity (Wildman–Crippen MR) is 57.6 cm³/mol. The highest BCUT2D eigenvalue weighted by molar-refractivity contribution is 5.76. The molecule has 0 saturated carbocycles. The molecule has 4 heteroatoms. The Hall–Kier alpha value is -0.610. The normalized spacial score (nSPS) is 31.5. The first-order valence-corrected chi connectivity index (χ1v) is 5.96. The van der Waals surface area contributed by atoms with Crippen LogP contribution in [0.4, 0.5) is 0 Å². The molecular weight excluding hydrogens is 192 g/mol. The molecule has 2 atom stereocenters. The van der Waals surface area contributed by atoms with E-state index in [0.29, 0.717) is 12.5 Å². The van der Waals surface area contributed by atoms with Gasteiger partial charge in [0.1, 0.15) is 0 Å². The van der Waals surface area contributed by atoms with Gasteiger partial charge in [-0.05, 0) is 32.2 Å². The number of amides is 1. The number of ether oxygens (including phenoxy) is 1. The van der Waals surface area contributed by atoms with Gasteiger partial charge in [0.25, 0.3) is 0 Å². The molecule has 15 heavy (non-hydrogen) atoms. The molecule has 0 aromatic carbocycles. The topological polar surface area (TPSA) is 50.4 Å². The molecule has 0 spiro atoms. The summed E-state index contributed by atoms with van der Waals surface area (Å²) < 4.78 is 5.54. The summed E-state index contributed by atoms with van der Waals surface area (Å²) in [4.78, 5) is 11.6. The van der Waals surface area contributed by atoms with E-state index in [4.69, 9.17) is 4.74 Å². The van der Waals surface area contributed by atoms with Crippen LogP contribution in [-0.4, -0.2) is 37.7 Å². The average Bonchev–Trinajstić information content (AvgIpc) is 2.71. The molecule has 0 aliphatic carbocycles. The quantitative estimate of drug-likeness (QED) is 0.713. The van der Waals surface area contributed by atoms with Crippen molar-refractivity contribution in [3.63, 3.8) is 0 Å². The molecule has 2 N–H and O–H groups in total. The van der Waals surface area contributed by atoms with Gasteiger partial charge in [-0.15, -0.1) is 0 Å². The molecule has 4 nitrogen and oxygen atoms in total. The standard InChI is InChI=1S/C11H20N2O2/c14-11(13-9-4-5-12-8-9)7-10-3-1-2-6-15-10/h9-10,12H,1-8H2,(H,13,14). The maximum atomic E-state index is 11.6. The zero-order chi connectivity index (χ0) is 10.5. The zero-order valence-corrected chi connectivity index (χ0v) is 9.13. The molecular formula is C11H20N2O2. The van der Waals surface area contributed by atoms with Crippen molar-refractivity contribution in [1.29, 1.82) is 0 Å². The molecule has 0 bridgehead atoms. The van der Waals surface area contributed by atoms with E-state index in [0.717, 1.165) is 39.0 Å². The molecule has 2 rings (SSSR count). The summed E-state index contributed by atoms with van der Waals surface area (Å²) >= 11 is 0. The molecule has 2 unspecified atom stereocenters. The van der Waals surface area contributed by atoms with Crippen LogP contribution in [0.5, 0.6) is 0 Å². The summed E-state index contributed by atoms with van der Waals surface area (Å²) in [6, 6.07) is 0.334. The maximum Gasteiger partial charge on any atom is 0.222 e. The minimum absolute atomic E-state index is 0.149.